The highest BCUT2D eigenvalue weighted by Gasteiger charge is 2.47. The molecular formula is C17H21Cl2NO2. The highest BCUT2D eigenvalue weighted by atomic mass is 35.5. The summed E-state index contributed by atoms with van der Waals surface area (Å²) in [7, 11) is 0. The summed E-state index contributed by atoms with van der Waals surface area (Å²) < 4.78 is 0. The molecule has 0 spiro atoms. The lowest BCUT2D eigenvalue weighted by Gasteiger charge is -2.42. The number of rotatable bonds is 3. The Morgan fingerprint density at radius 3 is 2.41 bits per heavy atom. The smallest absolute Gasteiger partial charge is 0.230 e. The molecule has 1 aromatic rings. The van der Waals surface area contributed by atoms with Gasteiger partial charge >= 0.3 is 0 Å². The topological polar surface area (TPSA) is 49.3 Å². The Morgan fingerprint density at radius 1 is 1.18 bits per heavy atom. The summed E-state index contributed by atoms with van der Waals surface area (Å²) in [6.07, 6.45) is 5.70. The van der Waals surface area contributed by atoms with E-state index in [9.17, 15) is 9.90 Å². The highest BCUT2D eigenvalue weighted by Crippen LogP contribution is 2.47. The monoisotopic (exact) mass is 341 g/mol. The van der Waals surface area contributed by atoms with E-state index >= 15 is 0 Å². The largest absolute Gasteiger partial charge is 0.393 e. The van der Waals surface area contributed by atoms with Crippen molar-refractivity contribution >= 4 is 29.1 Å². The Kier molecular flexibility index (Phi) is 4.67. The lowest BCUT2D eigenvalue weighted by molar-refractivity contribution is -0.131. The number of hydrogen-bond acceptors (Lipinski definition) is 2. The fourth-order valence-electron chi connectivity index (χ4n) is 3.57. The molecule has 3 rings (SSSR count). The van der Waals surface area contributed by atoms with Gasteiger partial charge in [0.1, 0.15) is 0 Å². The molecule has 2 aliphatic carbocycles. The molecule has 0 saturated heterocycles. The van der Waals surface area contributed by atoms with Gasteiger partial charge in [-0.1, -0.05) is 35.7 Å². The van der Waals surface area contributed by atoms with Gasteiger partial charge in [0.05, 0.1) is 11.5 Å². The molecule has 22 heavy (non-hydrogen) atoms. The van der Waals surface area contributed by atoms with Crippen LogP contribution in [0.3, 0.4) is 0 Å². The van der Waals surface area contributed by atoms with Crippen LogP contribution in [0, 0.1) is 0 Å². The summed E-state index contributed by atoms with van der Waals surface area (Å²) in [5, 5.41) is 13.9. The molecule has 1 amide bonds. The van der Waals surface area contributed by atoms with Crippen molar-refractivity contribution in [3.05, 3.63) is 33.8 Å². The van der Waals surface area contributed by atoms with Gasteiger partial charge in [0.15, 0.2) is 0 Å². The average Bonchev–Trinajstić information content (AvgIpc) is 2.42. The Labute approximate surface area is 141 Å². The number of carbonyl (C=O) groups excluding carboxylic acids is 1. The van der Waals surface area contributed by atoms with Crippen molar-refractivity contribution in [1.82, 2.24) is 5.32 Å². The van der Waals surface area contributed by atoms with Gasteiger partial charge in [0, 0.05) is 16.1 Å². The second kappa shape index (κ2) is 6.38. The first kappa shape index (κ1) is 16.1. The molecule has 2 aliphatic rings. The van der Waals surface area contributed by atoms with Crippen LogP contribution in [0.2, 0.25) is 10.0 Å². The minimum absolute atomic E-state index is 0.0735. The van der Waals surface area contributed by atoms with E-state index in [2.05, 4.69) is 5.32 Å². The molecule has 2 N–H and O–H groups in total. The van der Waals surface area contributed by atoms with Crippen LogP contribution in [0.1, 0.15) is 50.5 Å². The number of benzene rings is 1. The SMILES string of the molecule is O=C(NC1CCC(O)CC1)C1(c2ccc(Cl)cc2Cl)CCC1. The molecule has 0 atom stereocenters. The second-order valence-corrected chi connectivity index (χ2v) is 7.38. The number of nitrogens with one attached hydrogen (secondary N) is 1. The Morgan fingerprint density at radius 2 is 1.86 bits per heavy atom. The highest BCUT2D eigenvalue weighted by molar-refractivity contribution is 6.35. The molecule has 2 saturated carbocycles. The van der Waals surface area contributed by atoms with Crippen LogP contribution in [0.4, 0.5) is 0 Å². The summed E-state index contributed by atoms with van der Waals surface area (Å²) in [6.45, 7) is 0. The maximum Gasteiger partial charge on any atom is 0.230 e. The molecule has 0 aromatic heterocycles. The van der Waals surface area contributed by atoms with Crippen LogP contribution in [-0.2, 0) is 10.2 Å². The number of aliphatic hydroxyl groups is 1. The standard InChI is InChI=1S/C17H21Cl2NO2/c18-11-2-7-14(15(19)10-11)17(8-1-9-17)16(22)20-12-3-5-13(21)6-4-12/h2,7,10,12-13,21H,1,3-6,8-9H2,(H,20,22). The molecule has 1 aromatic carbocycles. The van der Waals surface area contributed by atoms with Crippen molar-refractivity contribution in [3.8, 4) is 0 Å². The van der Waals surface area contributed by atoms with Gasteiger partial charge in [-0.2, -0.15) is 0 Å². The Hall–Kier alpha value is -0.770. The summed E-state index contributed by atoms with van der Waals surface area (Å²) in [4.78, 5) is 12.9. The van der Waals surface area contributed by atoms with E-state index in [0.29, 0.717) is 10.0 Å². The van der Waals surface area contributed by atoms with Gasteiger partial charge in [-0.25, -0.2) is 0 Å². The molecule has 0 radical (unpaired) electrons. The summed E-state index contributed by atoms with van der Waals surface area (Å²) in [5.41, 5.74) is 0.385. The van der Waals surface area contributed by atoms with Crippen molar-refractivity contribution < 1.29 is 9.90 Å². The zero-order valence-electron chi connectivity index (χ0n) is 12.4. The first-order valence-corrected chi connectivity index (χ1v) is 8.71. The normalized spacial score (nSPS) is 27.0. The van der Waals surface area contributed by atoms with E-state index in [1.165, 1.54) is 0 Å². The summed E-state index contributed by atoms with van der Waals surface area (Å²) in [6, 6.07) is 5.56. The van der Waals surface area contributed by atoms with E-state index in [4.69, 9.17) is 23.2 Å². The van der Waals surface area contributed by atoms with E-state index in [0.717, 1.165) is 50.5 Å². The fraction of sp³-hybridized carbons (Fsp3) is 0.588. The number of carbonyl (C=O) groups is 1. The van der Waals surface area contributed by atoms with Gasteiger partial charge in [-0.3, -0.25) is 4.79 Å². The molecule has 0 unspecified atom stereocenters. The van der Waals surface area contributed by atoms with E-state index < -0.39 is 5.41 Å². The van der Waals surface area contributed by atoms with Gasteiger partial charge in [0.2, 0.25) is 5.91 Å². The zero-order valence-corrected chi connectivity index (χ0v) is 14.0. The van der Waals surface area contributed by atoms with Crippen molar-refractivity contribution in [2.24, 2.45) is 0 Å². The molecule has 3 nitrogen and oxygen atoms in total. The summed E-state index contributed by atoms with van der Waals surface area (Å²) >= 11 is 12.3. The Balaban J connectivity index is 1.76. The molecule has 120 valence electrons. The molecular weight excluding hydrogens is 321 g/mol. The van der Waals surface area contributed by atoms with E-state index in [1.54, 1.807) is 12.1 Å². The van der Waals surface area contributed by atoms with Gasteiger partial charge in [0.25, 0.3) is 0 Å². The van der Waals surface area contributed by atoms with Crippen LogP contribution in [0.5, 0.6) is 0 Å². The molecule has 2 fully saturated rings. The molecule has 0 bridgehead atoms. The average molecular weight is 342 g/mol. The van der Waals surface area contributed by atoms with Crippen molar-refractivity contribution in [3.63, 3.8) is 0 Å². The number of halogens is 2. The quantitative estimate of drug-likeness (QED) is 0.877. The van der Waals surface area contributed by atoms with Crippen LogP contribution in [-0.4, -0.2) is 23.2 Å². The third-order valence-electron chi connectivity index (χ3n) is 5.12. The lowest BCUT2D eigenvalue weighted by Crippen LogP contribution is -2.52. The van der Waals surface area contributed by atoms with E-state index in [1.807, 2.05) is 6.07 Å². The third kappa shape index (κ3) is 2.99. The van der Waals surface area contributed by atoms with Crippen LogP contribution >= 0.6 is 23.2 Å². The van der Waals surface area contributed by atoms with E-state index in [-0.39, 0.29) is 18.1 Å². The van der Waals surface area contributed by atoms with Gasteiger partial charge < -0.3 is 10.4 Å². The van der Waals surface area contributed by atoms with Crippen LogP contribution < -0.4 is 5.32 Å². The first-order valence-electron chi connectivity index (χ1n) is 7.96. The number of amides is 1. The second-order valence-electron chi connectivity index (χ2n) is 6.54. The minimum atomic E-state index is -0.502. The lowest BCUT2D eigenvalue weighted by atomic mass is 9.63. The first-order chi connectivity index (χ1) is 10.5. The molecule has 0 heterocycles. The molecule has 5 heteroatoms. The predicted molar refractivity (Wildman–Crippen MR) is 88.4 cm³/mol. The van der Waals surface area contributed by atoms with Crippen LogP contribution in [0.15, 0.2) is 18.2 Å². The Bertz CT molecular complexity index is 564. The zero-order chi connectivity index (χ0) is 15.7. The fourth-order valence-corrected chi connectivity index (χ4v) is 4.16. The maximum atomic E-state index is 12.9. The predicted octanol–water partition coefficient (Wildman–Crippen LogP) is 3.83. The van der Waals surface area contributed by atoms with Crippen LogP contribution in [0.25, 0.3) is 0 Å². The number of aliphatic hydroxyl groups excluding tert-OH is 1. The minimum Gasteiger partial charge on any atom is -0.393 e. The van der Waals surface area contributed by atoms with Crippen molar-refractivity contribution in [2.75, 3.05) is 0 Å². The number of hydrogen-bond donors (Lipinski definition) is 2. The summed E-state index contributed by atoms with van der Waals surface area (Å²) in [5.74, 6) is 0.0735. The van der Waals surface area contributed by atoms with Gasteiger partial charge in [-0.15, -0.1) is 0 Å². The third-order valence-corrected chi connectivity index (χ3v) is 5.67. The maximum absolute atomic E-state index is 12.9. The molecule has 0 aliphatic heterocycles. The van der Waals surface area contributed by atoms with Crippen molar-refractivity contribution in [2.45, 2.75) is 62.5 Å². The van der Waals surface area contributed by atoms with Crippen molar-refractivity contribution in [1.29, 1.82) is 0 Å². The van der Waals surface area contributed by atoms with Gasteiger partial charge in [-0.05, 0) is 56.2 Å².